The highest BCUT2D eigenvalue weighted by molar-refractivity contribution is 4.86. The van der Waals surface area contributed by atoms with E-state index in [9.17, 15) is 0 Å². The second-order valence-corrected chi connectivity index (χ2v) is 3.31. The molecule has 0 fully saturated rings. The monoisotopic (exact) mass is 185 g/mol. The molecule has 0 radical (unpaired) electrons. The molecule has 4 heteroatoms. The number of rotatable bonds is 6. The summed E-state index contributed by atoms with van der Waals surface area (Å²) in [6.45, 7) is 3.62. The molecule has 0 aromatic rings. The van der Waals surface area contributed by atoms with Gasteiger partial charge in [0.2, 0.25) is 0 Å². The molecule has 0 amide bonds. The third-order valence-corrected chi connectivity index (χ3v) is 2.12. The summed E-state index contributed by atoms with van der Waals surface area (Å²) in [6, 6.07) is 2.03. The molecule has 0 heterocycles. The van der Waals surface area contributed by atoms with E-state index in [-0.39, 0.29) is 6.04 Å². The molecule has 2 N–H and O–H groups in total. The van der Waals surface area contributed by atoms with Crippen molar-refractivity contribution in [2.24, 2.45) is 5.73 Å². The summed E-state index contributed by atoms with van der Waals surface area (Å²) < 4.78 is 5.02. The zero-order valence-electron chi connectivity index (χ0n) is 8.66. The summed E-state index contributed by atoms with van der Waals surface area (Å²) in [5.74, 6) is 0. The van der Waals surface area contributed by atoms with Crippen LogP contribution in [0.1, 0.15) is 13.3 Å². The quantitative estimate of drug-likeness (QED) is 0.642. The van der Waals surface area contributed by atoms with Gasteiger partial charge < -0.3 is 15.4 Å². The zero-order chi connectivity index (χ0) is 10.3. The van der Waals surface area contributed by atoms with Crippen molar-refractivity contribution in [3.05, 3.63) is 0 Å². The number of nitriles is 1. The van der Waals surface area contributed by atoms with Crippen molar-refractivity contribution in [2.45, 2.75) is 25.4 Å². The Hall–Kier alpha value is -0.630. The van der Waals surface area contributed by atoms with Crippen LogP contribution in [-0.4, -0.2) is 44.3 Å². The van der Waals surface area contributed by atoms with Gasteiger partial charge in [-0.2, -0.15) is 5.26 Å². The van der Waals surface area contributed by atoms with Gasteiger partial charge in [0.1, 0.15) is 0 Å². The van der Waals surface area contributed by atoms with E-state index < -0.39 is 0 Å². The van der Waals surface area contributed by atoms with E-state index in [0.29, 0.717) is 19.1 Å². The molecule has 0 bridgehead atoms. The first-order chi connectivity index (χ1) is 6.11. The SMILES string of the molecule is COCC(C)N(C)CCC(N)C#N. The Morgan fingerprint density at radius 2 is 2.23 bits per heavy atom. The van der Waals surface area contributed by atoms with Crippen LogP contribution in [0.25, 0.3) is 0 Å². The lowest BCUT2D eigenvalue weighted by Crippen LogP contribution is -2.35. The second kappa shape index (κ2) is 6.84. The van der Waals surface area contributed by atoms with Gasteiger partial charge in [0, 0.05) is 19.7 Å². The first-order valence-electron chi connectivity index (χ1n) is 4.46. The minimum absolute atomic E-state index is 0.350. The van der Waals surface area contributed by atoms with Crippen molar-refractivity contribution in [2.75, 3.05) is 27.3 Å². The van der Waals surface area contributed by atoms with E-state index in [2.05, 4.69) is 11.8 Å². The number of nitrogens with two attached hydrogens (primary N) is 1. The molecule has 0 aromatic heterocycles. The highest BCUT2D eigenvalue weighted by Crippen LogP contribution is 1.98. The van der Waals surface area contributed by atoms with Gasteiger partial charge in [-0.25, -0.2) is 0 Å². The maximum Gasteiger partial charge on any atom is 0.0940 e. The molecule has 2 atom stereocenters. The zero-order valence-corrected chi connectivity index (χ0v) is 8.66. The average molecular weight is 185 g/mol. The van der Waals surface area contributed by atoms with Crippen LogP contribution < -0.4 is 5.73 Å². The molecule has 0 spiro atoms. The lowest BCUT2D eigenvalue weighted by atomic mass is 10.2. The minimum atomic E-state index is -0.350. The first-order valence-corrected chi connectivity index (χ1v) is 4.46. The van der Waals surface area contributed by atoms with Crippen LogP contribution in [0.4, 0.5) is 0 Å². The molecule has 0 saturated heterocycles. The smallest absolute Gasteiger partial charge is 0.0940 e. The van der Waals surface area contributed by atoms with Gasteiger partial charge in [-0.15, -0.1) is 0 Å². The van der Waals surface area contributed by atoms with E-state index in [4.69, 9.17) is 15.7 Å². The fraction of sp³-hybridized carbons (Fsp3) is 0.889. The van der Waals surface area contributed by atoms with Crippen molar-refractivity contribution in [1.29, 1.82) is 5.26 Å². The van der Waals surface area contributed by atoms with Gasteiger partial charge >= 0.3 is 0 Å². The molecular formula is C9H19N3O. The van der Waals surface area contributed by atoms with Gasteiger partial charge in [-0.3, -0.25) is 0 Å². The molecule has 2 unspecified atom stereocenters. The lowest BCUT2D eigenvalue weighted by Gasteiger charge is -2.24. The highest BCUT2D eigenvalue weighted by atomic mass is 16.5. The Morgan fingerprint density at radius 3 is 2.69 bits per heavy atom. The van der Waals surface area contributed by atoms with Crippen LogP contribution >= 0.6 is 0 Å². The van der Waals surface area contributed by atoms with Gasteiger partial charge in [-0.05, 0) is 20.4 Å². The highest BCUT2D eigenvalue weighted by Gasteiger charge is 2.09. The average Bonchev–Trinajstić information content (AvgIpc) is 2.13. The maximum absolute atomic E-state index is 8.47. The van der Waals surface area contributed by atoms with E-state index in [0.717, 1.165) is 6.54 Å². The number of methoxy groups -OCH3 is 1. The summed E-state index contributed by atoms with van der Waals surface area (Å²) >= 11 is 0. The molecule has 0 aromatic carbocycles. The summed E-state index contributed by atoms with van der Waals surface area (Å²) in [5.41, 5.74) is 5.48. The molecule has 0 rings (SSSR count). The topological polar surface area (TPSA) is 62.3 Å². The lowest BCUT2D eigenvalue weighted by molar-refractivity contribution is 0.114. The number of ether oxygens (including phenoxy) is 1. The van der Waals surface area contributed by atoms with Crippen LogP contribution in [0.15, 0.2) is 0 Å². The summed E-state index contributed by atoms with van der Waals surface area (Å²) in [7, 11) is 3.69. The number of likely N-dealkylation sites (N-methyl/N-ethyl adjacent to an activating group) is 1. The van der Waals surface area contributed by atoms with E-state index in [1.54, 1.807) is 7.11 Å². The third-order valence-electron chi connectivity index (χ3n) is 2.12. The molecule has 0 aliphatic carbocycles. The van der Waals surface area contributed by atoms with Gasteiger partial charge in [0.15, 0.2) is 0 Å². The minimum Gasteiger partial charge on any atom is -0.383 e. The second-order valence-electron chi connectivity index (χ2n) is 3.31. The van der Waals surface area contributed by atoms with E-state index in [1.807, 2.05) is 13.1 Å². The van der Waals surface area contributed by atoms with Crippen LogP contribution in [0.5, 0.6) is 0 Å². The molecule has 4 nitrogen and oxygen atoms in total. The Morgan fingerprint density at radius 1 is 1.62 bits per heavy atom. The van der Waals surface area contributed by atoms with Gasteiger partial charge in [0.25, 0.3) is 0 Å². The van der Waals surface area contributed by atoms with Crippen molar-refractivity contribution in [1.82, 2.24) is 4.90 Å². The van der Waals surface area contributed by atoms with Crippen molar-refractivity contribution >= 4 is 0 Å². The van der Waals surface area contributed by atoms with Crippen molar-refractivity contribution in [3.8, 4) is 6.07 Å². The van der Waals surface area contributed by atoms with Crippen LogP contribution in [-0.2, 0) is 4.74 Å². The molecule has 0 saturated carbocycles. The summed E-state index contributed by atoms with van der Waals surface area (Å²) in [4.78, 5) is 2.14. The number of nitrogens with zero attached hydrogens (tertiary/aromatic N) is 2. The van der Waals surface area contributed by atoms with E-state index >= 15 is 0 Å². The van der Waals surface area contributed by atoms with Gasteiger partial charge in [0.05, 0.1) is 18.7 Å². The Kier molecular flexibility index (Phi) is 6.51. The fourth-order valence-corrected chi connectivity index (χ4v) is 0.996. The Labute approximate surface area is 80.3 Å². The molecule has 0 aliphatic heterocycles. The number of hydrogen-bond donors (Lipinski definition) is 1. The van der Waals surface area contributed by atoms with Crippen molar-refractivity contribution in [3.63, 3.8) is 0 Å². The summed E-state index contributed by atoms with van der Waals surface area (Å²) in [6.07, 6.45) is 0.709. The molecule has 0 aliphatic rings. The Bertz CT molecular complexity index is 167. The Balaban J connectivity index is 3.61. The van der Waals surface area contributed by atoms with E-state index in [1.165, 1.54) is 0 Å². The predicted molar refractivity (Wildman–Crippen MR) is 52.2 cm³/mol. The largest absolute Gasteiger partial charge is 0.383 e. The normalized spacial score (nSPS) is 15.4. The van der Waals surface area contributed by atoms with Crippen LogP contribution in [0.2, 0.25) is 0 Å². The molecule has 76 valence electrons. The van der Waals surface area contributed by atoms with Crippen LogP contribution in [0.3, 0.4) is 0 Å². The number of hydrogen-bond acceptors (Lipinski definition) is 4. The molecular weight excluding hydrogens is 166 g/mol. The molecule has 13 heavy (non-hydrogen) atoms. The third kappa shape index (κ3) is 5.58. The predicted octanol–water partition coefficient (Wildman–Crippen LogP) is 0.194. The maximum atomic E-state index is 8.47. The standard InChI is InChI=1S/C9H19N3O/c1-8(7-13-3)12(2)5-4-9(11)6-10/h8-9H,4-5,7,11H2,1-3H3. The summed E-state index contributed by atoms with van der Waals surface area (Å²) in [5, 5.41) is 8.47. The van der Waals surface area contributed by atoms with Crippen LogP contribution in [0, 0.1) is 11.3 Å². The first kappa shape index (κ1) is 12.4. The van der Waals surface area contributed by atoms with Crippen molar-refractivity contribution < 1.29 is 4.74 Å². The van der Waals surface area contributed by atoms with Gasteiger partial charge in [-0.1, -0.05) is 0 Å². The fourth-order valence-electron chi connectivity index (χ4n) is 0.996.